The molecule has 4 N–H and O–H groups in total. The molecule has 2 amide bonds. The van der Waals surface area contributed by atoms with E-state index in [1.54, 1.807) is 42.6 Å². The van der Waals surface area contributed by atoms with Crippen molar-refractivity contribution in [2.45, 2.75) is 11.1 Å². The number of nitrogens with two attached hydrogens (primary N) is 1. The van der Waals surface area contributed by atoms with E-state index in [4.69, 9.17) is 10.5 Å². The first-order valence-electron chi connectivity index (χ1n) is 9.27. The van der Waals surface area contributed by atoms with Crippen molar-refractivity contribution in [2.24, 2.45) is 10.8 Å². The number of thiophene rings is 1. The highest BCUT2D eigenvalue weighted by Crippen LogP contribution is 2.20. The minimum Gasteiger partial charge on any atom is -0.484 e. The molecule has 0 aliphatic carbocycles. The van der Waals surface area contributed by atoms with Gasteiger partial charge in [0.05, 0.1) is 5.71 Å². The van der Waals surface area contributed by atoms with Gasteiger partial charge in [-0.1, -0.05) is 6.07 Å². The predicted molar refractivity (Wildman–Crippen MR) is 122 cm³/mol. The summed E-state index contributed by atoms with van der Waals surface area (Å²) in [7, 11) is -3.65. The molecule has 0 saturated heterocycles. The van der Waals surface area contributed by atoms with Crippen LogP contribution >= 0.6 is 11.3 Å². The molecule has 0 unspecified atom stereocenters. The highest BCUT2D eigenvalue weighted by atomic mass is 32.2. The van der Waals surface area contributed by atoms with E-state index in [0.29, 0.717) is 22.7 Å². The monoisotopic (exact) mass is 472 g/mol. The van der Waals surface area contributed by atoms with Gasteiger partial charge in [-0.3, -0.25) is 14.3 Å². The molecule has 11 heteroatoms. The first-order chi connectivity index (χ1) is 15.2. The number of carbonyl (C=O) groups is 2. The van der Waals surface area contributed by atoms with Crippen molar-refractivity contribution in [2.75, 3.05) is 11.3 Å². The number of sulfonamides is 1. The topological polar surface area (TPSA) is 140 Å². The van der Waals surface area contributed by atoms with Gasteiger partial charge in [-0.2, -0.15) is 5.10 Å². The van der Waals surface area contributed by atoms with Crippen LogP contribution in [0.1, 0.15) is 22.8 Å². The number of carbonyl (C=O) groups excluding carboxylic acids is 2. The lowest BCUT2D eigenvalue weighted by Crippen LogP contribution is -2.20. The SMILES string of the molecule is C/C(=N\NC(=O)c1ccc(NS(=O)(=O)c2cccs2)cc1)c1ccc(OCC(N)=O)cc1. The molecule has 0 aliphatic heterocycles. The maximum atomic E-state index is 12.3. The second-order valence-corrected chi connectivity index (χ2v) is 9.39. The summed E-state index contributed by atoms with van der Waals surface area (Å²) >= 11 is 1.11. The standard InChI is InChI=1S/C21H20N4O5S2/c1-14(15-6-10-18(11-7-15)30-13-19(22)26)23-24-21(27)16-4-8-17(9-5-16)25-32(28,29)20-3-2-12-31-20/h2-12,25H,13H2,1H3,(H2,22,26)(H,24,27)/b23-14+. The van der Waals surface area contributed by atoms with Gasteiger partial charge in [-0.05, 0) is 72.5 Å². The van der Waals surface area contributed by atoms with Gasteiger partial charge in [0, 0.05) is 11.3 Å². The van der Waals surface area contributed by atoms with E-state index in [9.17, 15) is 18.0 Å². The van der Waals surface area contributed by atoms with Crippen LogP contribution in [-0.2, 0) is 14.8 Å². The lowest BCUT2D eigenvalue weighted by Gasteiger charge is -2.08. The van der Waals surface area contributed by atoms with Crippen LogP contribution in [0.4, 0.5) is 5.69 Å². The quantitative estimate of drug-likeness (QED) is 0.324. The van der Waals surface area contributed by atoms with E-state index in [-0.39, 0.29) is 10.8 Å². The van der Waals surface area contributed by atoms with E-state index in [1.165, 1.54) is 30.3 Å². The number of hydrogen-bond acceptors (Lipinski definition) is 7. The van der Waals surface area contributed by atoms with Gasteiger partial charge in [0.25, 0.3) is 21.8 Å². The Morgan fingerprint density at radius 1 is 1.03 bits per heavy atom. The molecule has 0 aliphatic rings. The number of rotatable bonds is 9. The van der Waals surface area contributed by atoms with Crippen molar-refractivity contribution in [1.29, 1.82) is 0 Å². The van der Waals surface area contributed by atoms with E-state index < -0.39 is 21.8 Å². The predicted octanol–water partition coefficient (Wildman–Crippen LogP) is 2.57. The van der Waals surface area contributed by atoms with Gasteiger partial charge in [0.1, 0.15) is 9.96 Å². The molecule has 3 aromatic rings. The third-order valence-electron chi connectivity index (χ3n) is 4.14. The molecule has 1 aromatic heterocycles. The molecular formula is C21H20N4O5S2. The second kappa shape index (κ2) is 10.1. The number of hydrogen-bond donors (Lipinski definition) is 3. The Kier molecular flexibility index (Phi) is 7.23. The molecule has 1 heterocycles. The average molecular weight is 473 g/mol. The Hall–Kier alpha value is -3.70. The zero-order valence-corrected chi connectivity index (χ0v) is 18.6. The largest absolute Gasteiger partial charge is 0.484 e. The van der Waals surface area contributed by atoms with Crippen LogP contribution in [0.25, 0.3) is 0 Å². The third kappa shape index (κ3) is 6.15. The van der Waals surface area contributed by atoms with Crippen LogP contribution in [0.3, 0.4) is 0 Å². The van der Waals surface area contributed by atoms with Crippen molar-refractivity contribution in [3.8, 4) is 5.75 Å². The van der Waals surface area contributed by atoms with Crippen molar-refractivity contribution in [3.63, 3.8) is 0 Å². The Morgan fingerprint density at radius 2 is 1.69 bits per heavy atom. The summed E-state index contributed by atoms with van der Waals surface area (Å²) < 4.78 is 32.4. The summed E-state index contributed by atoms with van der Waals surface area (Å²) in [5.41, 5.74) is 9.46. The molecule has 3 rings (SSSR count). The average Bonchev–Trinajstić information content (AvgIpc) is 3.32. The molecule has 9 nitrogen and oxygen atoms in total. The molecule has 0 fully saturated rings. The lowest BCUT2D eigenvalue weighted by molar-refractivity contribution is -0.119. The molecular weight excluding hydrogens is 452 g/mol. The van der Waals surface area contributed by atoms with Crippen LogP contribution in [0.15, 0.2) is 75.4 Å². The van der Waals surface area contributed by atoms with E-state index in [2.05, 4.69) is 15.2 Å². The first kappa shape index (κ1) is 23.0. The summed E-state index contributed by atoms with van der Waals surface area (Å²) in [4.78, 5) is 23.1. The van der Waals surface area contributed by atoms with Crippen LogP contribution in [0, 0.1) is 0 Å². The van der Waals surface area contributed by atoms with Gasteiger partial charge in [0.15, 0.2) is 6.61 Å². The van der Waals surface area contributed by atoms with Gasteiger partial charge in [0.2, 0.25) is 0 Å². The zero-order valence-electron chi connectivity index (χ0n) is 16.9. The van der Waals surface area contributed by atoms with E-state index in [1.807, 2.05) is 0 Å². The van der Waals surface area contributed by atoms with Crippen molar-refractivity contribution < 1.29 is 22.7 Å². The van der Waals surface area contributed by atoms with Crippen molar-refractivity contribution >= 4 is 44.6 Å². The molecule has 0 spiro atoms. The number of nitrogens with one attached hydrogen (secondary N) is 2. The highest BCUT2D eigenvalue weighted by molar-refractivity contribution is 7.94. The Labute approximate surface area is 189 Å². The number of nitrogens with zero attached hydrogens (tertiary/aromatic N) is 1. The normalized spacial score (nSPS) is 11.6. The van der Waals surface area contributed by atoms with Gasteiger partial charge in [-0.25, -0.2) is 13.8 Å². The fourth-order valence-corrected chi connectivity index (χ4v) is 4.57. The number of ether oxygens (including phenoxy) is 1. The van der Waals surface area contributed by atoms with Crippen molar-refractivity contribution in [1.82, 2.24) is 5.43 Å². The lowest BCUT2D eigenvalue weighted by atomic mass is 10.1. The molecule has 0 radical (unpaired) electrons. The highest BCUT2D eigenvalue weighted by Gasteiger charge is 2.15. The molecule has 2 aromatic carbocycles. The Morgan fingerprint density at radius 3 is 2.28 bits per heavy atom. The second-order valence-electron chi connectivity index (χ2n) is 6.53. The molecule has 0 bridgehead atoms. The Balaban J connectivity index is 1.59. The fraction of sp³-hybridized carbons (Fsp3) is 0.0952. The smallest absolute Gasteiger partial charge is 0.271 e. The number of hydrazone groups is 1. The molecule has 0 atom stereocenters. The van der Waals surface area contributed by atoms with Gasteiger partial charge < -0.3 is 10.5 Å². The number of anilines is 1. The zero-order chi connectivity index (χ0) is 23.1. The fourth-order valence-electron chi connectivity index (χ4n) is 2.52. The van der Waals surface area contributed by atoms with Gasteiger partial charge >= 0.3 is 0 Å². The van der Waals surface area contributed by atoms with Crippen molar-refractivity contribution in [3.05, 3.63) is 77.2 Å². The third-order valence-corrected chi connectivity index (χ3v) is 6.92. The van der Waals surface area contributed by atoms with Gasteiger partial charge in [-0.15, -0.1) is 11.3 Å². The number of amides is 2. The van der Waals surface area contributed by atoms with Crippen LogP contribution in [0.2, 0.25) is 0 Å². The number of benzene rings is 2. The van der Waals surface area contributed by atoms with Crippen LogP contribution in [0.5, 0.6) is 5.75 Å². The molecule has 32 heavy (non-hydrogen) atoms. The summed E-state index contributed by atoms with van der Waals surface area (Å²) in [6.07, 6.45) is 0. The van der Waals surface area contributed by atoms with E-state index in [0.717, 1.165) is 16.9 Å². The number of primary amides is 1. The first-order valence-corrected chi connectivity index (χ1v) is 11.6. The van der Waals surface area contributed by atoms with E-state index >= 15 is 0 Å². The molecule has 0 saturated carbocycles. The minimum absolute atomic E-state index is 0.205. The summed E-state index contributed by atoms with van der Waals surface area (Å²) in [5, 5.41) is 5.76. The summed E-state index contributed by atoms with van der Waals surface area (Å²) in [6.45, 7) is 1.51. The Bertz CT molecular complexity index is 1220. The summed E-state index contributed by atoms with van der Waals surface area (Å²) in [6, 6.07) is 15.9. The summed E-state index contributed by atoms with van der Waals surface area (Å²) in [5.74, 6) is -0.528. The maximum Gasteiger partial charge on any atom is 0.271 e. The maximum absolute atomic E-state index is 12.3. The molecule has 166 valence electrons. The van der Waals surface area contributed by atoms with Crippen LogP contribution < -0.4 is 20.6 Å². The minimum atomic E-state index is -3.65. The van der Waals surface area contributed by atoms with Crippen LogP contribution in [-0.4, -0.2) is 32.6 Å².